The quantitative estimate of drug-likeness (QED) is 0.108. The van der Waals surface area contributed by atoms with Gasteiger partial charge in [-0.05, 0) is 178 Å². The first kappa shape index (κ1) is 46.3. The molecule has 0 spiro atoms. The Morgan fingerprint density at radius 2 is 1.43 bits per heavy atom. The number of phenols is 3. The zero-order chi connectivity index (χ0) is 49.6. The van der Waals surface area contributed by atoms with Gasteiger partial charge in [-0.25, -0.2) is 0 Å². The molecule has 0 aliphatic heterocycles. The van der Waals surface area contributed by atoms with E-state index >= 15 is 4.79 Å². The first-order chi connectivity index (χ1) is 34.9. The summed E-state index contributed by atoms with van der Waals surface area (Å²) in [6, 6.07) is 35.7. The van der Waals surface area contributed by atoms with Gasteiger partial charge in [-0.15, -0.1) is 0 Å². The second-order valence-corrected chi connectivity index (χ2v) is 21.6. The summed E-state index contributed by atoms with van der Waals surface area (Å²) in [5, 5.41) is 48.4. The lowest BCUT2D eigenvalue weighted by Gasteiger charge is -2.66. The Bertz CT molecular complexity index is 3170. The molecule has 0 saturated heterocycles. The molecule has 10 heteroatoms. The smallest absolute Gasteiger partial charge is 0.316 e. The number of methoxy groups -OCH3 is 2. The van der Waals surface area contributed by atoms with E-state index < -0.39 is 35.1 Å². The summed E-state index contributed by atoms with van der Waals surface area (Å²) >= 11 is 0. The molecule has 370 valence electrons. The summed E-state index contributed by atoms with van der Waals surface area (Å²) in [6.45, 7) is 1.46. The highest BCUT2D eigenvalue weighted by molar-refractivity contribution is 5.99. The standard InChI is InChI=1S/C62H62O10/c1-34(63)71-56-30-44(72-60(68)61(19-9-10-20-61)41-17-16-38-22-43(64)28-46(45(38)27-41)36-12-5-4-6-13-36)29-49-47-32-58(70-3)54(66)25-39(47)23-50-53(65)33-51-48-31-55(67)57(69-2)26-40(48)24-52(56)62(51,59(49)50)42-18-15-35-11-7-8-14-37(35)21-42/h4-8,11-14,16-17,21-22,25-28,31-32,44,49-53,56,59,64-67H,9-10,15,18-20,23-24,29-30,33H2,1-3H3. The first-order valence-electron chi connectivity index (χ1n) is 25.9. The Morgan fingerprint density at radius 3 is 2.21 bits per heavy atom. The van der Waals surface area contributed by atoms with Gasteiger partial charge < -0.3 is 39.4 Å². The van der Waals surface area contributed by atoms with Gasteiger partial charge in [0.15, 0.2) is 23.0 Å². The third-order valence-corrected chi connectivity index (χ3v) is 18.2. The number of ether oxygens (including phenoxy) is 4. The van der Waals surface area contributed by atoms with Crippen molar-refractivity contribution in [3.05, 3.63) is 154 Å². The van der Waals surface area contributed by atoms with E-state index in [1.807, 2.05) is 60.7 Å². The molecule has 3 saturated carbocycles. The molecule has 6 aliphatic rings. The molecule has 9 atom stereocenters. The van der Waals surface area contributed by atoms with E-state index in [9.17, 15) is 25.2 Å². The van der Waals surface area contributed by atoms with Crippen molar-refractivity contribution in [2.75, 3.05) is 14.2 Å². The SMILES string of the molecule is COc1cc2c(cc1O)C1CC(O)C3Cc4cc(O)c(OC)cc4C4CC(OC(=O)C5(c6ccc7cc(O)cc(-c8ccccc8)c7c6)CCCC5)CC(OC(C)=O)C(C2)C1(C1=Cc2ccccc2CC1)C43. The number of allylic oxidation sites excluding steroid dienone is 1. The van der Waals surface area contributed by atoms with Crippen molar-refractivity contribution >= 4 is 28.8 Å². The van der Waals surface area contributed by atoms with E-state index in [2.05, 4.69) is 36.4 Å². The largest absolute Gasteiger partial charge is 0.508 e. The fourth-order valence-electron chi connectivity index (χ4n) is 15.4. The number of carbonyl (C=O) groups excluding carboxylic acids is 2. The summed E-state index contributed by atoms with van der Waals surface area (Å²) < 4.78 is 25.4. The maximum atomic E-state index is 15.7. The van der Waals surface area contributed by atoms with Gasteiger partial charge in [-0.2, -0.15) is 0 Å². The lowest BCUT2D eigenvalue weighted by molar-refractivity contribution is -0.180. The van der Waals surface area contributed by atoms with Gasteiger partial charge in [0.05, 0.1) is 25.7 Å². The molecule has 6 aromatic rings. The van der Waals surface area contributed by atoms with Crippen LogP contribution in [0.1, 0.15) is 109 Å². The van der Waals surface area contributed by atoms with E-state index in [0.717, 1.165) is 81.0 Å². The Labute approximate surface area is 420 Å². The van der Waals surface area contributed by atoms with Crippen molar-refractivity contribution in [1.82, 2.24) is 0 Å². The van der Waals surface area contributed by atoms with Crippen LogP contribution in [0.25, 0.3) is 28.0 Å². The number of aliphatic hydroxyl groups excluding tert-OH is 1. The predicted molar refractivity (Wildman–Crippen MR) is 274 cm³/mol. The molecule has 0 radical (unpaired) electrons. The number of rotatable bonds is 8. The summed E-state index contributed by atoms with van der Waals surface area (Å²) in [5.41, 5.74) is 8.53. The minimum Gasteiger partial charge on any atom is -0.508 e. The summed E-state index contributed by atoms with van der Waals surface area (Å²) in [7, 11) is 3.10. The van der Waals surface area contributed by atoms with Crippen LogP contribution in [0.3, 0.4) is 0 Å². The molecule has 0 heterocycles. The van der Waals surface area contributed by atoms with Crippen LogP contribution in [-0.4, -0.2) is 64.9 Å². The molecule has 3 fully saturated rings. The molecule has 4 N–H and O–H groups in total. The van der Waals surface area contributed by atoms with E-state index in [0.29, 0.717) is 50.0 Å². The number of benzene rings is 6. The average molecular weight is 967 g/mol. The highest BCUT2D eigenvalue weighted by atomic mass is 16.6. The fourth-order valence-corrected chi connectivity index (χ4v) is 15.4. The lowest BCUT2D eigenvalue weighted by atomic mass is 9.38. The van der Waals surface area contributed by atoms with Gasteiger partial charge in [0, 0.05) is 24.7 Å². The van der Waals surface area contributed by atoms with Crippen LogP contribution in [0.15, 0.2) is 115 Å². The van der Waals surface area contributed by atoms with Gasteiger partial charge in [0.25, 0.3) is 0 Å². The molecular weight excluding hydrogens is 905 g/mol. The Morgan fingerprint density at radius 1 is 0.694 bits per heavy atom. The predicted octanol–water partition coefficient (Wildman–Crippen LogP) is 11.4. The monoisotopic (exact) mass is 966 g/mol. The number of carbonyl (C=O) groups is 2. The van der Waals surface area contributed by atoms with Crippen molar-refractivity contribution in [2.45, 2.75) is 113 Å². The zero-order valence-electron chi connectivity index (χ0n) is 41.1. The molecule has 0 aromatic heterocycles. The Hall–Kier alpha value is -6.78. The first-order valence-corrected chi connectivity index (χ1v) is 25.9. The highest BCUT2D eigenvalue weighted by Crippen LogP contribution is 2.72. The van der Waals surface area contributed by atoms with Gasteiger partial charge in [-0.3, -0.25) is 9.59 Å². The van der Waals surface area contributed by atoms with E-state index in [1.54, 1.807) is 32.4 Å². The van der Waals surface area contributed by atoms with Crippen molar-refractivity contribution in [2.24, 2.45) is 23.2 Å². The molecule has 0 amide bonds. The van der Waals surface area contributed by atoms with Crippen LogP contribution in [0, 0.1) is 23.2 Å². The van der Waals surface area contributed by atoms with E-state index in [4.69, 9.17) is 18.9 Å². The third kappa shape index (κ3) is 7.29. The summed E-state index contributed by atoms with van der Waals surface area (Å²) in [5.74, 6) is -1.31. The molecule has 6 aliphatic carbocycles. The van der Waals surface area contributed by atoms with Crippen LogP contribution in [0.5, 0.6) is 28.7 Å². The maximum absolute atomic E-state index is 15.7. The number of hydrogen-bond donors (Lipinski definition) is 4. The number of phenolic OH excluding ortho intramolecular Hbond substituents is 3. The minimum atomic E-state index is -0.958. The number of esters is 2. The molecule has 0 bridgehead atoms. The third-order valence-electron chi connectivity index (χ3n) is 18.2. The highest BCUT2D eigenvalue weighted by Gasteiger charge is 2.67. The fraction of sp³-hybridized carbons (Fsp3) is 0.387. The van der Waals surface area contributed by atoms with Crippen LogP contribution in [0.2, 0.25) is 0 Å². The van der Waals surface area contributed by atoms with Crippen LogP contribution >= 0.6 is 0 Å². The molecular formula is C62H62O10. The molecule has 9 unspecified atom stereocenters. The minimum absolute atomic E-state index is 0.0287. The molecule has 12 rings (SSSR count). The Kier molecular flexibility index (Phi) is 11.4. The van der Waals surface area contributed by atoms with Gasteiger partial charge in [0.1, 0.15) is 18.0 Å². The van der Waals surface area contributed by atoms with Gasteiger partial charge in [0.2, 0.25) is 0 Å². The molecule has 10 nitrogen and oxygen atoms in total. The van der Waals surface area contributed by atoms with Crippen LogP contribution < -0.4 is 9.47 Å². The van der Waals surface area contributed by atoms with Gasteiger partial charge in [-0.1, -0.05) is 91.2 Å². The normalized spacial score (nSPS) is 27.6. The summed E-state index contributed by atoms with van der Waals surface area (Å²) in [6.07, 6.45) is 6.63. The second-order valence-electron chi connectivity index (χ2n) is 21.6. The van der Waals surface area contributed by atoms with Crippen molar-refractivity contribution < 1.29 is 49.0 Å². The number of aryl methyl sites for hydroxylation is 1. The van der Waals surface area contributed by atoms with Crippen LogP contribution in [0.4, 0.5) is 0 Å². The van der Waals surface area contributed by atoms with Crippen molar-refractivity contribution in [3.8, 4) is 39.9 Å². The molecule has 6 aromatic carbocycles. The topological polar surface area (TPSA) is 152 Å². The second kappa shape index (κ2) is 17.8. The number of aliphatic hydroxyl groups is 1. The number of hydrogen-bond acceptors (Lipinski definition) is 10. The van der Waals surface area contributed by atoms with E-state index in [1.165, 1.54) is 18.1 Å². The van der Waals surface area contributed by atoms with Crippen LogP contribution in [-0.2, 0) is 43.7 Å². The van der Waals surface area contributed by atoms with Gasteiger partial charge >= 0.3 is 11.9 Å². The van der Waals surface area contributed by atoms with Crippen molar-refractivity contribution in [1.29, 1.82) is 0 Å². The number of fused-ring (bicyclic) bond motifs is 6. The summed E-state index contributed by atoms with van der Waals surface area (Å²) in [4.78, 5) is 29.4. The average Bonchev–Trinajstić information content (AvgIpc) is 3.89. The van der Waals surface area contributed by atoms with E-state index in [-0.39, 0.29) is 59.2 Å². The zero-order valence-corrected chi connectivity index (χ0v) is 41.1. The number of aromatic hydroxyl groups is 3. The Balaban J connectivity index is 1.05. The maximum Gasteiger partial charge on any atom is 0.316 e. The van der Waals surface area contributed by atoms with Crippen molar-refractivity contribution in [3.63, 3.8) is 0 Å². The lowest BCUT2D eigenvalue weighted by Crippen LogP contribution is -2.64. The molecule has 72 heavy (non-hydrogen) atoms.